The zero-order chi connectivity index (χ0) is 14.6. The first-order valence-corrected chi connectivity index (χ1v) is 7.86. The number of para-hydroxylation sites is 1. The number of anilines is 1. The number of amides is 2. The van der Waals surface area contributed by atoms with Gasteiger partial charge >= 0.3 is 0 Å². The number of hydrogen-bond donors (Lipinski definition) is 0. The van der Waals surface area contributed by atoms with Gasteiger partial charge in [0, 0.05) is 0 Å². The first-order chi connectivity index (χ1) is 10.2. The van der Waals surface area contributed by atoms with Crippen LogP contribution >= 0.6 is 0 Å². The molecule has 4 atom stereocenters. The number of aryl methyl sites for hydroxylation is 1. The van der Waals surface area contributed by atoms with Crippen LogP contribution in [0.3, 0.4) is 0 Å². The molecule has 3 heteroatoms. The van der Waals surface area contributed by atoms with E-state index in [0.717, 1.165) is 30.5 Å². The van der Waals surface area contributed by atoms with Crippen molar-refractivity contribution in [2.75, 3.05) is 4.90 Å². The minimum absolute atomic E-state index is 0.0185. The summed E-state index contributed by atoms with van der Waals surface area (Å²) in [6.07, 6.45) is 7.24. The van der Waals surface area contributed by atoms with Crippen LogP contribution in [-0.4, -0.2) is 11.8 Å². The van der Waals surface area contributed by atoms with Gasteiger partial charge in [-0.25, -0.2) is 4.90 Å². The van der Waals surface area contributed by atoms with Crippen molar-refractivity contribution in [2.45, 2.75) is 26.2 Å². The Morgan fingerprint density at radius 1 is 1.00 bits per heavy atom. The molecular weight excluding hydrogens is 262 g/mol. The molecule has 1 heterocycles. The molecule has 1 aromatic carbocycles. The number of carbonyl (C=O) groups excluding carboxylic acids is 2. The lowest BCUT2D eigenvalue weighted by Crippen LogP contribution is -2.38. The zero-order valence-electron chi connectivity index (χ0n) is 12.2. The summed E-state index contributed by atoms with van der Waals surface area (Å²) >= 11 is 0. The largest absolute Gasteiger partial charge is 0.274 e. The Balaban J connectivity index is 1.79. The summed E-state index contributed by atoms with van der Waals surface area (Å²) < 4.78 is 0. The standard InChI is InChI=1S/C18H19NO2/c1-2-11-5-3-4-6-14(11)19-17(20)15-12-7-8-13(10-9-12)16(15)18(19)21/h3-8,12-13,15-16H,2,9-10H2,1H3/t12-,13-,15+,16+/m0/s1. The molecule has 4 aliphatic rings. The van der Waals surface area contributed by atoms with Crippen LogP contribution in [0.2, 0.25) is 0 Å². The molecule has 1 aliphatic heterocycles. The van der Waals surface area contributed by atoms with Crippen molar-refractivity contribution in [1.29, 1.82) is 0 Å². The fraction of sp³-hybridized carbons (Fsp3) is 0.444. The van der Waals surface area contributed by atoms with Crippen LogP contribution in [0.25, 0.3) is 0 Å². The van der Waals surface area contributed by atoms with E-state index in [4.69, 9.17) is 0 Å². The third-order valence-corrected chi connectivity index (χ3v) is 5.37. The van der Waals surface area contributed by atoms with Gasteiger partial charge in [0.05, 0.1) is 17.5 Å². The summed E-state index contributed by atoms with van der Waals surface area (Å²) in [6.45, 7) is 2.06. The number of imide groups is 1. The highest BCUT2D eigenvalue weighted by Gasteiger charge is 2.57. The fourth-order valence-corrected chi connectivity index (χ4v) is 4.34. The Hall–Kier alpha value is -1.90. The van der Waals surface area contributed by atoms with Gasteiger partial charge in [-0.2, -0.15) is 0 Å². The van der Waals surface area contributed by atoms with E-state index < -0.39 is 0 Å². The molecule has 3 aliphatic carbocycles. The topological polar surface area (TPSA) is 37.4 Å². The van der Waals surface area contributed by atoms with Gasteiger partial charge in [0.2, 0.25) is 11.8 Å². The van der Waals surface area contributed by atoms with Crippen LogP contribution in [0.5, 0.6) is 0 Å². The predicted molar refractivity (Wildman–Crippen MR) is 80.6 cm³/mol. The number of hydrogen-bond acceptors (Lipinski definition) is 2. The fourth-order valence-electron chi connectivity index (χ4n) is 4.34. The van der Waals surface area contributed by atoms with E-state index in [-0.39, 0.29) is 35.5 Å². The van der Waals surface area contributed by atoms with Crippen molar-refractivity contribution in [3.8, 4) is 0 Å². The SMILES string of the molecule is CCc1ccccc1N1C(=O)[C@H]2[C@H](C1=O)[C@H]1C=C[C@H]2CC1. The molecular formula is C18H19NO2. The molecule has 0 radical (unpaired) electrons. The van der Waals surface area contributed by atoms with Crippen molar-refractivity contribution in [3.63, 3.8) is 0 Å². The molecule has 2 fully saturated rings. The second-order valence-corrected chi connectivity index (χ2v) is 6.34. The zero-order valence-corrected chi connectivity index (χ0v) is 12.2. The summed E-state index contributed by atoms with van der Waals surface area (Å²) in [7, 11) is 0. The molecule has 2 amide bonds. The highest BCUT2D eigenvalue weighted by Crippen LogP contribution is 2.50. The van der Waals surface area contributed by atoms with Gasteiger partial charge < -0.3 is 0 Å². The van der Waals surface area contributed by atoms with Crippen LogP contribution in [0, 0.1) is 23.7 Å². The van der Waals surface area contributed by atoms with Gasteiger partial charge in [-0.3, -0.25) is 9.59 Å². The van der Waals surface area contributed by atoms with Gasteiger partial charge in [-0.05, 0) is 42.7 Å². The third-order valence-electron chi connectivity index (χ3n) is 5.37. The maximum absolute atomic E-state index is 12.9. The summed E-state index contributed by atoms with van der Waals surface area (Å²) in [4.78, 5) is 27.2. The maximum atomic E-state index is 12.9. The molecule has 0 aromatic heterocycles. The van der Waals surface area contributed by atoms with Crippen LogP contribution in [-0.2, 0) is 16.0 Å². The Bertz CT molecular complexity index is 616. The Morgan fingerprint density at radius 3 is 2.10 bits per heavy atom. The van der Waals surface area contributed by atoms with Crippen molar-refractivity contribution >= 4 is 17.5 Å². The van der Waals surface area contributed by atoms with Crippen LogP contribution < -0.4 is 4.90 Å². The second-order valence-electron chi connectivity index (χ2n) is 6.34. The molecule has 0 spiro atoms. The Morgan fingerprint density at radius 2 is 1.57 bits per heavy atom. The molecule has 0 unspecified atom stereocenters. The number of benzene rings is 1. The van der Waals surface area contributed by atoms with E-state index in [1.807, 2.05) is 24.3 Å². The highest BCUT2D eigenvalue weighted by molar-refractivity contribution is 6.22. The maximum Gasteiger partial charge on any atom is 0.238 e. The van der Waals surface area contributed by atoms with Crippen LogP contribution in [0.1, 0.15) is 25.3 Å². The average molecular weight is 281 g/mol. The number of nitrogens with zero attached hydrogens (tertiary/aromatic N) is 1. The van der Waals surface area contributed by atoms with Crippen LogP contribution in [0.4, 0.5) is 5.69 Å². The van der Waals surface area contributed by atoms with E-state index in [1.54, 1.807) is 0 Å². The van der Waals surface area contributed by atoms with E-state index in [0.29, 0.717) is 0 Å². The highest BCUT2D eigenvalue weighted by atomic mass is 16.2. The lowest BCUT2D eigenvalue weighted by atomic mass is 9.63. The van der Waals surface area contributed by atoms with Gasteiger partial charge in [0.1, 0.15) is 0 Å². The van der Waals surface area contributed by atoms with Crippen LogP contribution in [0.15, 0.2) is 36.4 Å². The number of fused-ring (bicyclic) bond motifs is 1. The quantitative estimate of drug-likeness (QED) is 0.617. The Kier molecular flexibility index (Phi) is 2.78. The van der Waals surface area contributed by atoms with Crippen molar-refractivity contribution in [1.82, 2.24) is 0 Å². The third kappa shape index (κ3) is 1.66. The molecule has 1 saturated heterocycles. The lowest BCUT2D eigenvalue weighted by molar-refractivity contribution is -0.124. The molecule has 3 nitrogen and oxygen atoms in total. The summed E-state index contributed by atoms with van der Waals surface area (Å²) in [5, 5.41) is 0. The van der Waals surface area contributed by atoms with Gasteiger partial charge in [-0.15, -0.1) is 0 Å². The number of carbonyl (C=O) groups is 2. The molecule has 1 aromatic rings. The normalized spacial score (nSPS) is 33.7. The molecule has 2 bridgehead atoms. The van der Waals surface area contributed by atoms with E-state index in [9.17, 15) is 9.59 Å². The minimum atomic E-state index is -0.119. The van der Waals surface area contributed by atoms with Crippen molar-refractivity contribution in [3.05, 3.63) is 42.0 Å². The van der Waals surface area contributed by atoms with Gasteiger partial charge in [0.25, 0.3) is 0 Å². The van der Waals surface area contributed by atoms with Gasteiger partial charge in [-0.1, -0.05) is 37.3 Å². The van der Waals surface area contributed by atoms with Crippen molar-refractivity contribution in [2.24, 2.45) is 23.7 Å². The van der Waals surface area contributed by atoms with Gasteiger partial charge in [0.15, 0.2) is 0 Å². The molecule has 5 rings (SSSR count). The minimum Gasteiger partial charge on any atom is -0.274 e. The van der Waals surface area contributed by atoms with E-state index >= 15 is 0 Å². The number of rotatable bonds is 2. The predicted octanol–water partition coefficient (Wildman–Crippen LogP) is 2.95. The second kappa shape index (κ2) is 4.55. The Labute approximate surface area is 124 Å². The monoisotopic (exact) mass is 281 g/mol. The smallest absolute Gasteiger partial charge is 0.238 e. The first kappa shape index (κ1) is 12.8. The summed E-state index contributed by atoms with van der Waals surface area (Å²) in [6, 6.07) is 7.78. The van der Waals surface area contributed by atoms with E-state index in [1.165, 1.54) is 4.90 Å². The first-order valence-electron chi connectivity index (χ1n) is 7.86. The average Bonchev–Trinajstić information content (AvgIpc) is 2.82. The molecule has 108 valence electrons. The molecule has 0 N–H and O–H groups in total. The van der Waals surface area contributed by atoms with Crippen molar-refractivity contribution < 1.29 is 9.59 Å². The number of allylic oxidation sites excluding steroid dienone is 2. The molecule has 21 heavy (non-hydrogen) atoms. The summed E-state index contributed by atoms with van der Waals surface area (Å²) in [5.41, 5.74) is 1.86. The molecule has 1 saturated carbocycles. The lowest BCUT2D eigenvalue weighted by Gasteiger charge is -2.38. The van der Waals surface area contributed by atoms with E-state index in [2.05, 4.69) is 19.1 Å². The summed E-state index contributed by atoms with van der Waals surface area (Å²) in [5.74, 6) is 0.317.